The fourth-order valence-electron chi connectivity index (χ4n) is 3.53. The number of sulfone groups is 1. The van der Waals surface area contributed by atoms with E-state index in [1.807, 2.05) is 0 Å². The lowest BCUT2D eigenvalue weighted by Gasteiger charge is -2.37. The fourth-order valence-corrected chi connectivity index (χ4v) is 5.07. The highest BCUT2D eigenvalue weighted by molar-refractivity contribution is 7.91. The van der Waals surface area contributed by atoms with E-state index in [0.717, 1.165) is 12.1 Å². The molecule has 0 aliphatic carbocycles. The molecule has 2 aliphatic rings. The molecule has 1 aromatic carbocycles. The SMILES string of the molecule is C[C@@H](CS(=O)(=O)c1ccc(F)cc1)C(=O)N1CCN2C(=O)N(C)C[C@@H]2C1. The molecule has 0 N–H and O–H groups in total. The summed E-state index contributed by atoms with van der Waals surface area (Å²) in [5, 5.41) is 0. The van der Waals surface area contributed by atoms with Crippen LogP contribution >= 0.6 is 0 Å². The Morgan fingerprint density at radius 3 is 2.54 bits per heavy atom. The quantitative estimate of drug-likeness (QED) is 0.721. The van der Waals surface area contributed by atoms with Crippen molar-refractivity contribution in [1.29, 1.82) is 0 Å². The number of fused-ring (bicyclic) bond motifs is 1. The molecule has 9 heteroatoms. The molecule has 0 bridgehead atoms. The van der Waals surface area contributed by atoms with Crippen LogP contribution in [-0.4, -0.2) is 80.1 Å². The summed E-state index contributed by atoms with van der Waals surface area (Å²) in [7, 11) is -1.96. The zero-order valence-electron chi connectivity index (χ0n) is 14.8. The molecule has 2 fully saturated rings. The lowest BCUT2D eigenvalue weighted by Crippen LogP contribution is -2.55. The van der Waals surface area contributed by atoms with Gasteiger partial charge < -0.3 is 14.7 Å². The number of nitrogens with zero attached hydrogens (tertiary/aromatic N) is 3. The third-order valence-corrected chi connectivity index (χ3v) is 6.84. The van der Waals surface area contributed by atoms with Crippen molar-refractivity contribution < 1.29 is 22.4 Å². The normalized spacial score (nSPS) is 21.7. The van der Waals surface area contributed by atoms with E-state index < -0.39 is 21.6 Å². The third-order valence-electron chi connectivity index (χ3n) is 4.92. The Hall–Kier alpha value is -2.16. The predicted octanol–water partition coefficient (Wildman–Crippen LogP) is 0.814. The standard InChI is InChI=1S/C17H22FN3O4S/c1-12(11-26(24,25)15-5-3-13(18)4-6-15)16(22)20-7-8-21-14(10-20)9-19(2)17(21)23/h3-6,12,14H,7-11H2,1-2H3/t12-,14+/m0/s1. The van der Waals surface area contributed by atoms with Gasteiger partial charge in [-0.15, -0.1) is 0 Å². The lowest BCUT2D eigenvalue weighted by molar-refractivity contribution is -0.136. The van der Waals surface area contributed by atoms with Crippen molar-refractivity contribution in [2.24, 2.45) is 5.92 Å². The maximum Gasteiger partial charge on any atom is 0.320 e. The smallest absolute Gasteiger partial charge is 0.320 e. The number of halogens is 1. The van der Waals surface area contributed by atoms with E-state index in [9.17, 15) is 22.4 Å². The number of benzene rings is 1. The van der Waals surface area contributed by atoms with Crippen molar-refractivity contribution in [3.05, 3.63) is 30.1 Å². The van der Waals surface area contributed by atoms with Gasteiger partial charge in [0.25, 0.3) is 0 Å². The monoisotopic (exact) mass is 383 g/mol. The maximum atomic E-state index is 13.0. The summed E-state index contributed by atoms with van der Waals surface area (Å²) in [6.07, 6.45) is 0. The Bertz CT molecular complexity index is 812. The number of piperazine rings is 1. The molecular formula is C17H22FN3O4S. The Labute approximate surface area is 152 Å². The van der Waals surface area contributed by atoms with E-state index in [1.54, 1.807) is 28.7 Å². The largest absolute Gasteiger partial charge is 0.339 e. The molecule has 0 saturated carbocycles. The molecule has 26 heavy (non-hydrogen) atoms. The first-order chi connectivity index (χ1) is 12.2. The molecule has 142 valence electrons. The number of urea groups is 1. The molecule has 3 amide bonds. The van der Waals surface area contributed by atoms with Crippen molar-refractivity contribution in [3.8, 4) is 0 Å². The highest BCUT2D eigenvalue weighted by Gasteiger charge is 2.40. The van der Waals surface area contributed by atoms with Crippen LogP contribution in [0.2, 0.25) is 0 Å². The average Bonchev–Trinajstić information content (AvgIpc) is 2.88. The van der Waals surface area contributed by atoms with Crippen molar-refractivity contribution in [1.82, 2.24) is 14.7 Å². The molecule has 7 nitrogen and oxygen atoms in total. The number of amides is 3. The van der Waals surface area contributed by atoms with Gasteiger partial charge in [-0.2, -0.15) is 0 Å². The summed E-state index contributed by atoms with van der Waals surface area (Å²) in [6.45, 7) is 3.41. The van der Waals surface area contributed by atoms with Gasteiger partial charge in [-0.05, 0) is 24.3 Å². The number of carbonyl (C=O) groups excluding carboxylic acids is 2. The predicted molar refractivity (Wildman–Crippen MR) is 92.7 cm³/mol. The van der Waals surface area contributed by atoms with Crippen molar-refractivity contribution in [3.63, 3.8) is 0 Å². The van der Waals surface area contributed by atoms with Crippen molar-refractivity contribution in [2.45, 2.75) is 17.9 Å². The van der Waals surface area contributed by atoms with E-state index in [4.69, 9.17) is 0 Å². The average molecular weight is 383 g/mol. The highest BCUT2D eigenvalue weighted by atomic mass is 32.2. The molecule has 2 heterocycles. The third kappa shape index (κ3) is 3.53. The van der Waals surface area contributed by atoms with Crippen LogP contribution in [-0.2, 0) is 14.6 Å². The van der Waals surface area contributed by atoms with Crippen molar-refractivity contribution in [2.75, 3.05) is 39.0 Å². The van der Waals surface area contributed by atoms with Gasteiger partial charge in [0.2, 0.25) is 5.91 Å². The second kappa shape index (κ2) is 6.86. The number of rotatable bonds is 4. The summed E-state index contributed by atoms with van der Waals surface area (Å²) < 4.78 is 37.9. The minimum absolute atomic E-state index is 0.00591. The minimum atomic E-state index is -3.68. The van der Waals surface area contributed by atoms with Crippen LogP contribution in [0.3, 0.4) is 0 Å². The first kappa shape index (κ1) is 18.6. The first-order valence-electron chi connectivity index (χ1n) is 8.48. The second-order valence-corrected chi connectivity index (χ2v) is 8.97. The van der Waals surface area contributed by atoms with Gasteiger partial charge >= 0.3 is 6.03 Å². The van der Waals surface area contributed by atoms with Gasteiger partial charge in [-0.3, -0.25) is 4.79 Å². The van der Waals surface area contributed by atoms with Crippen LogP contribution in [0, 0.1) is 11.7 Å². The number of carbonyl (C=O) groups is 2. The van der Waals surface area contributed by atoms with Crippen molar-refractivity contribution >= 4 is 21.8 Å². The van der Waals surface area contributed by atoms with Gasteiger partial charge in [0.15, 0.2) is 9.84 Å². The summed E-state index contributed by atoms with van der Waals surface area (Å²) in [4.78, 5) is 29.7. The second-order valence-electron chi connectivity index (χ2n) is 6.93. The minimum Gasteiger partial charge on any atom is -0.339 e. The Morgan fingerprint density at radius 2 is 1.88 bits per heavy atom. The lowest BCUT2D eigenvalue weighted by atomic mass is 10.1. The van der Waals surface area contributed by atoms with Crippen LogP contribution in [0.25, 0.3) is 0 Å². The van der Waals surface area contributed by atoms with E-state index in [-0.39, 0.29) is 28.6 Å². The van der Waals surface area contributed by atoms with Gasteiger partial charge in [0.05, 0.1) is 16.7 Å². The molecular weight excluding hydrogens is 361 g/mol. The van der Waals surface area contributed by atoms with Crippen LogP contribution in [0.15, 0.2) is 29.2 Å². The molecule has 0 aromatic heterocycles. The van der Waals surface area contributed by atoms with Gasteiger partial charge in [0.1, 0.15) is 5.82 Å². The number of hydrogen-bond acceptors (Lipinski definition) is 4. The molecule has 0 unspecified atom stereocenters. The molecule has 0 spiro atoms. The van der Waals surface area contributed by atoms with Crippen LogP contribution in [0.5, 0.6) is 0 Å². The molecule has 2 saturated heterocycles. The van der Waals surface area contributed by atoms with E-state index in [1.165, 1.54) is 12.1 Å². The van der Waals surface area contributed by atoms with E-state index in [0.29, 0.717) is 26.2 Å². The summed E-state index contributed by atoms with van der Waals surface area (Å²) in [5.41, 5.74) is 0. The first-order valence-corrected chi connectivity index (χ1v) is 10.1. The van der Waals surface area contributed by atoms with Crippen LogP contribution in [0.1, 0.15) is 6.92 Å². The number of likely N-dealkylation sites (N-methyl/N-ethyl adjacent to an activating group) is 1. The van der Waals surface area contributed by atoms with E-state index >= 15 is 0 Å². The van der Waals surface area contributed by atoms with Crippen LogP contribution in [0.4, 0.5) is 9.18 Å². The topological polar surface area (TPSA) is 78.0 Å². The van der Waals surface area contributed by atoms with E-state index in [2.05, 4.69) is 0 Å². The Morgan fingerprint density at radius 1 is 1.23 bits per heavy atom. The zero-order chi connectivity index (χ0) is 19.1. The molecule has 0 radical (unpaired) electrons. The molecule has 2 atom stereocenters. The molecule has 1 aromatic rings. The summed E-state index contributed by atoms with van der Waals surface area (Å²) >= 11 is 0. The van der Waals surface area contributed by atoms with Gasteiger partial charge in [-0.1, -0.05) is 6.92 Å². The Kier molecular flexibility index (Phi) is 4.92. The molecule has 2 aliphatic heterocycles. The number of hydrogen-bond donors (Lipinski definition) is 0. The highest BCUT2D eigenvalue weighted by Crippen LogP contribution is 2.22. The summed E-state index contributed by atoms with van der Waals surface area (Å²) in [5.74, 6) is -1.80. The van der Waals surface area contributed by atoms with Gasteiger partial charge in [0, 0.05) is 39.1 Å². The summed E-state index contributed by atoms with van der Waals surface area (Å²) in [6, 6.07) is 4.51. The van der Waals surface area contributed by atoms with Crippen LogP contribution < -0.4 is 0 Å². The molecule has 3 rings (SSSR count). The van der Waals surface area contributed by atoms with Gasteiger partial charge in [-0.25, -0.2) is 17.6 Å². The fraction of sp³-hybridized carbons (Fsp3) is 0.529. The maximum absolute atomic E-state index is 13.0. The zero-order valence-corrected chi connectivity index (χ0v) is 15.6. The Balaban J connectivity index is 1.65.